The molecular formula is C47H29N3O. The number of rotatable bonds is 4. The van der Waals surface area contributed by atoms with Crippen LogP contribution in [0.2, 0.25) is 0 Å². The third kappa shape index (κ3) is 4.17. The number of hydrogen-bond donors (Lipinski definition) is 0. The van der Waals surface area contributed by atoms with Gasteiger partial charge in [-0.3, -0.25) is 0 Å². The van der Waals surface area contributed by atoms with Gasteiger partial charge in [0, 0.05) is 49.4 Å². The smallest absolute Gasteiger partial charge is 0.137 e. The third-order valence-corrected chi connectivity index (χ3v) is 10.3. The number of fused-ring (bicyclic) bond motifs is 10. The fourth-order valence-corrected chi connectivity index (χ4v) is 8.04. The Morgan fingerprint density at radius 3 is 1.80 bits per heavy atom. The van der Waals surface area contributed by atoms with E-state index in [1.807, 2.05) is 12.1 Å². The van der Waals surface area contributed by atoms with Gasteiger partial charge in [-0.2, -0.15) is 0 Å². The molecule has 51 heavy (non-hydrogen) atoms. The molecule has 0 N–H and O–H groups in total. The van der Waals surface area contributed by atoms with Gasteiger partial charge in [0.2, 0.25) is 0 Å². The minimum absolute atomic E-state index is 0.895. The summed E-state index contributed by atoms with van der Waals surface area (Å²) in [6.07, 6.45) is 0. The van der Waals surface area contributed by atoms with Crippen molar-refractivity contribution in [3.05, 3.63) is 176 Å². The molecule has 4 heteroatoms. The van der Waals surface area contributed by atoms with Crippen LogP contribution in [0.3, 0.4) is 0 Å². The summed E-state index contributed by atoms with van der Waals surface area (Å²) in [6, 6.07) is 62.3. The quantitative estimate of drug-likeness (QED) is 0.190. The molecule has 0 atom stereocenters. The van der Waals surface area contributed by atoms with Crippen LogP contribution in [-0.4, -0.2) is 14.1 Å². The van der Waals surface area contributed by atoms with E-state index in [2.05, 4.69) is 173 Å². The van der Waals surface area contributed by atoms with Crippen molar-refractivity contribution in [1.82, 2.24) is 14.1 Å². The van der Waals surface area contributed by atoms with Crippen LogP contribution >= 0.6 is 0 Å². The molecule has 11 rings (SSSR count). The first kappa shape index (κ1) is 28.0. The summed E-state index contributed by atoms with van der Waals surface area (Å²) in [5.41, 5.74) is 12.8. The van der Waals surface area contributed by atoms with E-state index in [0.29, 0.717) is 0 Å². The van der Waals surface area contributed by atoms with E-state index >= 15 is 0 Å². The van der Waals surface area contributed by atoms with Gasteiger partial charge in [-0.1, -0.05) is 103 Å². The highest BCUT2D eigenvalue weighted by molar-refractivity contribution is 6.27. The SMILES string of the molecule is c1ccc(-c2cccc(-c3ccc(-n4c5ccccc5c5cc6c7ccc8oc9ccccc9c8c7n(-c7ccccc7)c6cc54)cc3)n2)cc1. The number of para-hydroxylation sites is 3. The molecule has 11 aromatic rings. The Labute approximate surface area is 293 Å². The molecule has 4 aromatic heterocycles. The topological polar surface area (TPSA) is 35.9 Å². The standard InChI is InChI=1S/C47H29N3O/c1-3-12-30(13-4-1)39-18-11-19-40(48-39)31-22-24-33(25-23-31)49-41-20-9-7-16-34(41)37-28-38-35-26-27-45-46(36-17-8-10-21-44(36)51-45)47(35)50(43(38)29-42(37)49)32-14-5-2-6-15-32/h1-29H. The number of nitrogens with zero attached hydrogens (tertiary/aromatic N) is 3. The predicted octanol–water partition coefficient (Wildman–Crippen LogP) is 12.5. The van der Waals surface area contributed by atoms with Crippen LogP contribution in [0.15, 0.2) is 180 Å². The maximum atomic E-state index is 6.39. The summed E-state index contributed by atoms with van der Waals surface area (Å²) >= 11 is 0. The second kappa shape index (κ2) is 10.8. The van der Waals surface area contributed by atoms with Crippen molar-refractivity contribution in [2.45, 2.75) is 0 Å². The first-order valence-electron chi connectivity index (χ1n) is 17.3. The average Bonchev–Trinajstić information content (AvgIpc) is 3.85. The Morgan fingerprint density at radius 2 is 1.00 bits per heavy atom. The van der Waals surface area contributed by atoms with Crippen LogP contribution in [0, 0.1) is 0 Å². The van der Waals surface area contributed by atoms with Gasteiger partial charge in [-0.05, 0) is 72.8 Å². The fourth-order valence-electron chi connectivity index (χ4n) is 8.04. The zero-order valence-corrected chi connectivity index (χ0v) is 27.5. The zero-order valence-electron chi connectivity index (χ0n) is 27.5. The molecule has 0 amide bonds. The van der Waals surface area contributed by atoms with Crippen molar-refractivity contribution in [1.29, 1.82) is 0 Å². The van der Waals surface area contributed by atoms with Crippen LogP contribution in [0.4, 0.5) is 0 Å². The van der Waals surface area contributed by atoms with Crippen molar-refractivity contribution in [3.8, 4) is 33.9 Å². The molecule has 7 aromatic carbocycles. The zero-order chi connectivity index (χ0) is 33.5. The average molecular weight is 652 g/mol. The van der Waals surface area contributed by atoms with Crippen LogP contribution in [0.25, 0.3) is 99.4 Å². The molecule has 0 fully saturated rings. The van der Waals surface area contributed by atoms with Crippen LogP contribution in [0.1, 0.15) is 0 Å². The lowest BCUT2D eigenvalue weighted by molar-refractivity contribution is 0.669. The first-order chi connectivity index (χ1) is 25.3. The lowest BCUT2D eigenvalue weighted by Gasteiger charge is -2.11. The van der Waals surface area contributed by atoms with Gasteiger partial charge in [0.1, 0.15) is 11.2 Å². The van der Waals surface area contributed by atoms with Crippen molar-refractivity contribution in [3.63, 3.8) is 0 Å². The lowest BCUT2D eigenvalue weighted by atomic mass is 10.1. The maximum Gasteiger partial charge on any atom is 0.137 e. The van der Waals surface area contributed by atoms with Crippen molar-refractivity contribution < 1.29 is 4.42 Å². The molecule has 238 valence electrons. The molecule has 0 radical (unpaired) electrons. The molecule has 0 saturated heterocycles. The number of aromatic nitrogens is 3. The van der Waals surface area contributed by atoms with Gasteiger partial charge in [0.05, 0.1) is 38.8 Å². The number of hydrogen-bond acceptors (Lipinski definition) is 2. The van der Waals surface area contributed by atoms with Gasteiger partial charge >= 0.3 is 0 Å². The number of benzene rings is 7. The Hall–Kier alpha value is -6.91. The molecule has 0 aliphatic carbocycles. The Balaban J connectivity index is 1.17. The van der Waals surface area contributed by atoms with Gasteiger partial charge in [-0.15, -0.1) is 0 Å². The third-order valence-electron chi connectivity index (χ3n) is 10.3. The van der Waals surface area contributed by atoms with Gasteiger partial charge in [0.25, 0.3) is 0 Å². The first-order valence-corrected chi connectivity index (χ1v) is 17.3. The second-order valence-electron chi connectivity index (χ2n) is 13.2. The van der Waals surface area contributed by atoms with Gasteiger partial charge < -0.3 is 13.6 Å². The fraction of sp³-hybridized carbons (Fsp3) is 0. The summed E-state index contributed by atoms with van der Waals surface area (Å²) < 4.78 is 11.2. The van der Waals surface area contributed by atoms with E-state index in [1.165, 1.54) is 27.1 Å². The summed E-state index contributed by atoms with van der Waals surface area (Å²) in [4.78, 5) is 5.02. The minimum atomic E-state index is 0.895. The molecule has 0 unspecified atom stereocenters. The largest absolute Gasteiger partial charge is 0.456 e. The van der Waals surface area contributed by atoms with E-state index < -0.39 is 0 Å². The lowest BCUT2D eigenvalue weighted by Crippen LogP contribution is -1.96. The molecular weight excluding hydrogens is 623 g/mol. The van der Waals surface area contributed by atoms with Crippen LogP contribution in [0.5, 0.6) is 0 Å². The second-order valence-corrected chi connectivity index (χ2v) is 13.2. The van der Waals surface area contributed by atoms with E-state index in [9.17, 15) is 0 Å². The maximum absolute atomic E-state index is 6.39. The summed E-state index contributed by atoms with van der Waals surface area (Å²) in [5, 5.41) is 7.15. The number of furan rings is 1. The predicted molar refractivity (Wildman–Crippen MR) is 211 cm³/mol. The monoisotopic (exact) mass is 651 g/mol. The molecule has 0 saturated carbocycles. The summed E-state index contributed by atoms with van der Waals surface area (Å²) in [6.45, 7) is 0. The Bertz CT molecular complexity index is 3110. The van der Waals surface area contributed by atoms with Gasteiger partial charge in [0.15, 0.2) is 0 Å². The molecule has 0 aliphatic rings. The van der Waals surface area contributed by atoms with Crippen LogP contribution < -0.4 is 0 Å². The molecule has 4 heterocycles. The highest BCUT2D eigenvalue weighted by Crippen LogP contribution is 2.43. The molecule has 0 bridgehead atoms. The molecule has 0 aliphatic heterocycles. The Morgan fingerprint density at radius 1 is 0.373 bits per heavy atom. The van der Waals surface area contributed by atoms with E-state index in [1.54, 1.807) is 0 Å². The molecule has 4 nitrogen and oxygen atoms in total. The highest BCUT2D eigenvalue weighted by Gasteiger charge is 2.22. The van der Waals surface area contributed by atoms with E-state index in [-0.39, 0.29) is 0 Å². The normalized spacial score (nSPS) is 11.9. The van der Waals surface area contributed by atoms with Crippen molar-refractivity contribution in [2.75, 3.05) is 0 Å². The van der Waals surface area contributed by atoms with Crippen molar-refractivity contribution in [2.24, 2.45) is 0 Å². The summed E-state index contributed by atoms with van der Waals surface area (Å²) in [7, 11) is 0. The van der Waals surface area contributed by atoms with Crippen molar-refractivity contribution >= 4 is 65.6 Å². The minimum Gasteiger partial charge on any atom is -0.456 e. The number of pyridine rings is 1. The van der Waals surface area contributed by atoms with Gasteiger partial charge in [-0.25, -0.2) is 4.98 Å². The summed E-state index contributed by atoms with van der Waals surface area (Å²) in [5.74, 6) is 0. The van der Waals surface area contributed by atoms with Crippen LogP contribution in [-0.2, 0) is 0 Å². The van der Waals surface area contributed by atoms with E-state index in [4.69, 9.17) is 9.40 Å². The molecule has 0 spiro atoms. The van der Waals surface area contributed by atoms with E-state index in [0.717, 1.165) is 72.4 Å². The Kier molecular flexibility index (Phi) is 5.92. The highest BCUT2D eigenvalue weighted by atomic mass is 16.3.